The van der Waals surface area contributed by atoms with Crippen molar-refractivity contribution in [1.29, 1.82) is 0 Å². The second kappa shape index (κ2) is 10.7. The molecule has 2 unspecified atom stereocenters. The minimum absolute atomic E-state index is 0.446. The van der Waals surface area contributed by atoms with Crippen LogP contribution in [0, 0.1) is 0 Å². The molecule has 2 aliphatic heterocycles. The molecule has 0 spiro atoms. The van der Waals surface area contributed by atoms with Gasteiger partial charge in [-0.05, 0) is 38.9 Å². The number of nitrogens with one attached hydrogen (secondary N) is 2. The van der Waals surface area contributed by atoms with Crippen molar-refractivity contribution in [2.75, 3.05) is 63.8 Å². The number of anilines is 1. The monoisotopic (exact) mass is 386 g/mol. The number of hydrogen-bond acceptors (Lipinski definition) is 4. The van der Waals surface area contributed by atoms with Crippen LogP contribution in [0.15, 0.2) is 35.3 Å². The summed E-state index contributed by atoms with van der Waals surface area (Å²) in [5, 5.41) is 7.09. The molecule has 0 saturated carbocycles. The molecule has 0 radical (unpaired) electrons. The van der Waals surface area contributed by atoms with Crippen molar-refractivity contribution in [2.24, 2.45) is 4.99 Å². The molecule has 2 aliphatic rings. The Morgan fingerprint density at radius 2 is 1.86 bits per heavy atom. The number of likely N-dealkylation sites (N-methyl/N-ethyl adjacent to an activating group) is 1. The van der Waals surface area contributed by atoms with Crippen LogP contribution < -0.4 is 15.5 Å². The highest BCUT2D eigenvalue weighted by atomic mass is 15.3. The van der Waals surface area contributed by atoms with Gasteiger partial charge >= 0.3 is 0 Å². The Morgan fingerprint density at radius 3 is 2.54 bits per heavy atom. The van der Waals surface area contributed by atoms with E-state index in [0.717, 1.165) is 58.2 Å². The number of hydrogen-bond donors (Lipinski definition) is 2. The average molecular weight is 387 g/mol. The van der Waals surface area contributed by atoms with Gasteiger partial charge in [0.15, 0.2) is 5.96 Å². The molecule has 1 aromatic rings. The first-order valence-electron chi connectivity index (χ1n) is 11.0. The molecule has 3 rings (SSSR count). The molecule has 2 fully saturated rings. The van der Waals surface area contributed by atoms with Gasteiger partial charge in [0.2, 0.25) is 0 Å². The minimum atomic E-state index is 0.446. The predicted octanol–water partition coefficient (Wildman–Crippen LogP) is 1.85. The molecule has 2 heterocycles. The van der Waals surface area contributed by atoms with E-state index in [2.05, 4.69) is 76.4 Å². The van der Waals surface area contributed by atoms with E-state index in [0.29, 0.717) is 12.1 Å². The van der Waals surface area contributed by atoms with Gasteiger partial charge in [0.1, 0.15) is 0 Å². The van der Waals surface area contributed by atoms with Crippen LogP contribution in [0.3, 0.4) is 0 Å². The van der Waals surface area contributed by atoms with Crippen LogP contribution in [0.5, 0.6) is 0 Å². The molecule has 0 amide bonds. The third kappa shape index (κ3) is 5.85. The number of nitrogens with zero attached hydrogens (tertiary/aromatic N) is 4. The largest absolute Gasteiger partial charge is 0.369 e. The molecular formula is C22H38N6. The summed E-state index contributed by atoms with van der Waals surface area (Å²) >= 11 is 0. The second-order valence-electron chi connectivity index (χ2n) is 7.95. The van der Waals surface area contributed by atoms with E-state index in [1.165, 1.54) is 18.8 Å². The smallest absolute Gasteiger partial charge is 0.191 e. The molecule has 0 aliphatic carbocycles. The molecular weight excluding hydrogens is 348 g/mol. The Labute approximate surface area is 171 Å². The van der Waals surface area contributed by atoms with Crippen molar-refractivity contribution in [3.8, 4) is 0 Å². The van der Waals surface area contributed by atoms with Gasteiger partial charge in [-0.1, -0.05) is 25.1 Å². The van der Waals surface area contributed by atoms with Crippen LogP contribution in [0.25, 0.3) is 0 Å². The molecule has 2 N–H and O–H groups in total. The summed E-state index contributed by atoms with van der Waals surface area (Å²) in [5.74, 6) is 0.960. The Kier molecular flexibility index (Phi) is 7.98. The number of benzene rings is 1. The van der Waals surface area contributed by atoms with Crippen molar-refractivity contribution in [3.63, 3.8) is 0 Å². The average Bonchev–Trinajstić information content (AvgIpc) is 3.21. The Hall–Kier alpha value is -1.79. The van der Waals surface area contributed by atoms with Gasteiger partial charge in [-0.2, -0.15) is 0 Å². The van der Waals surface area contributed by atoms with Crippen LogP contribution in [-0.4, -0.2) is 86.7 Å². The van der Waals surface area contributed by atoms with Crippen molar-refractivity contribution < 1.29 is 0 Å². The second-order valence-corrected chi connectivity index (χ2v) is 7.95. The standard InChI is InChI=1S/C22H38N6/c1-4-23-22(24-17-19(3)27-15-13-26(5-2)14-16-27)25-20-11-12-28(18-20)21-9-7-6-8-10-21/h6-10,19-20H,4-5,11-18H2,1-3H3,(H2,23,24,25). The van der Waals surface area contributed by atoms with Gasteiger partial charge in [-0.25, -0.2) is 0 Å². The topological polar surface area (TPSA) is 46.1 Å². The molecule has 2 saturated heterocycles. The highest BCUT2D eigenvalue weighted by Crippen LogP contribution is 2.19. The van der Waals surface area contributed by atoms with Gasteiger partial charge in [0, 0.05) is 63.6 Å². The van der Waals surface area contributed by atoms with E-state index in [4.69, 9.17) is 4.99 Å². The van der Waals surface area contributed by atoms with Crippen molar-refractivity contribution >= 4 is 11.6 Å². The first-order valence-corrected chi connectivity index (χ1v) is 11.0. The number of aliphatic imine (C=N–C) groups is 1. The van der Waals surface area contributed by atoms with Crippen molar-refractivity contribution in [3.05, 3.63) is 30.3 Å². The number of para-hydroxylation sites is 1. The van der Waals surface area contributed by atoms with Gasteiger partial charge < -0.3 is 20.4 Å². The fourth-order valence-corrected chi connectivity index (χ4v) is 4.12. The maximum atomic E-state index is 4.91. The molecule has 0 aromatic heterocycles. The quantitative estimate of drug-likeness (QED) is 0.553. The van der Waals surface area contributed by atoms with Crippen LogP contribution in [0.1, 0.15) is 27.2 Å². The van der Waals surface area contributed by atoms with Gasteiger partial charge in [-0.15, -0.1) is 0 Å². The Bertz CT molecular complexity index is 596. The zero-order valence-electron chi connectivity index (χ0n) is 17.9. The third-order valence-electron chi connectivity index (χ3n) is 5.99. The summed E-state index contributed by atoms with van der Waals surface area (Å²) in [7, 11) is 0. The van der Waals surface area contributed by atoms with Crippen LogP contribution in [0.4, 0.5) is 5.69 Å². The highest BCUT2D eigenvalue weighted by Gasteiger charge is 2.24. The maximum absolute atomic E-state index is 4.91. The summed E-state index contributed by atoms with van der Waals surface area (Å²) in [5.41, 5.74) is 1.31. The first kappa shape index (κ1) is 20.9. The molecule has 0 bridgehead atoms. The fourth-order valence-electron chi connectivity index (χ4n) is 4.12. The molecule has 6 heteroatoms. The number of guanidine groups is 1. The van der Waals surface area contributed by atoms with Crippen LogP contribution in [-0.2, 0) is 0 Å². The summed E-state index contributed by atoms with van der Waals surface area (Å²) < 4.78 is 0. The van der Waals surface area contributed by atoms with Crippen LogP contribution >= 0.6 is 0 Å². The Balaban J connectivity index is 1.49. The summed E-state index contributed by atoms with van der Waals surface area (Å²) in [6, 6.07) is 11.6. The Morgan fingerprint density at radius 1 is 1.11 bits per heavy atom. The van der Waals surface area contributed by atoms with E-state index >= 15 is 0 Å². The summed E-state index contributed by atoms with van der Waals surface area (Å²) in [6.07, 6.45) is 1.15. The lowest BCUT2D eigenvalue weighted by Gasteiger charge is -2.37. The normalized spacial score (nSPS) is 23.0. The SMILES string of the molecule is CCNC(=NCC(C)N1CCN(CC)CC1)NC1CCN(c2ccccc2)C1. The molecule has 156 valence electrons. The zero-order valence-corrected chi connectivity index (χ0v) is 17.9. The van der Waals surface area contributed by atoms with Gasteiger partial charge in [-0.3, -0.25) is 9.89 Å². The van der Waals surface area contributed by atoms with Crippen molar-refractivity contribution in [1.82, 2.24) is 20.4 Å². The lowest BCUT2D eigenvalue weighted by molar-refractivity contribution is 0.109. The summed E-state index contributed by atoms with van der Waals surface area (Å²) in [6.45, 7) is 16.4. The lowest BCUT2D eigenvalue weighted by atomic mass is 10.2. The summed E-state index contributed by atoms with van der Waals surface area (Å²) in [4.78, 5) is 12.5. The minimum Gasteiger partial charge on any atom is -0.369 e. The first-order chi connectivity index (χ1) is 13.7. The molecule has 2 atom stereocenters. The van der Waals surface area contributed by atoms with E-state index < -0.39 is 0 Å². The van der Waals surface area contributed by atoms with E-state index in [-0.39, 0.29) is 0 Å². The third-order valence-corrected chi connectivity index (χ3v) is 5.99. The number of piperazine rings is 1. The molecule has 1 aromatic carbocycles. The zero-order chi connectivity index (χ0) is 19.8. The van der Waals surface area contributed by atoms with E-state index in [9.17, 15) is 0 Å². The van der Waals surface area contributed by atoms with Gasteiger partial charge in [0.05, 0.1) is 6.54 Å². The van der Waals surface area contributed by atoms with Crippen LogP contribution in [0.2, 0.25) is 0 Å². The maximum Gasteiger partial charge on any atom is 0.191 e. The molecule has 28 heavy (non-hydrogen) atoms. The fraction of sp³-hybridized carbons (Fsp3) is 0.682. The number of rotatable bonds is 7. The van der Waals surface area contributed by atoms with Crippen molar-refractivity contribution in [2.45, 2.75) is 39.3 Å². The highest BCUT2D eigenvalue weighted by molar-refractivity contribution is 5.80. The molecule has 6 nitrogen and oxygen atoms in total. The predicted molar refractivity (Wildman–Crippen MR) is 119 cm³/mol. The van der Waals surface area contributed by atoms with E-state index in [1.807, 2.05) is 0 Å². The van der Waals surface area contributed by atoms with Gasteiger partial charge in [0.25, 0.3) is 0 Å². The van der Waals surface area contributed by atoms with E-state index in [1.54, 1.807) is 0 Å². The lowest BCUT2D eigenvalue weighted by Crippen LogP contribution is -2.50.